The van der Waals surface area contributed by atoms with Crippen molar-refractivity contribution >= 4 is 0 Å². The Morgan fingerprint density at radius 2 is 1.50 bits per heavy atom. The van der Waals surface area contributed by atoms with E-state index < -0.39 is 0 Å². The van der Waals surface area contributed by atoms with Crippen LogP contribution in [0, 0.1) is 11.3 Å². The molecule has 0 atom stereocenters. The maximum Gasteiger partial charge on any atom is 0.119 e. The number of benzene rings is 3. The average Bonchev–Trinajstić information content (AvgIpc) is 3.61. The second kappa shape index (κ2) is 11.6. The van der Waals surface area contributed by atoms with Crippen LogP contribution in [0.3, 0.4) is 0 Å². The number of ether oxygens (including phenoxy) is 1. The van der Waals surface area contributed by atoms with E-state index in [1.54, 1.807) is 6.07 Å². The lowest BCUT2D eigenvalue weighted by atomic mass is 9.93. The van der Waals surface area contributed by atoms with Crippen LogP contribution in [0.5, 0.6) is 11.5 Å². The van der Waals surface area contributed by atoms with Crippen LogP contribution in [0.25, 0.3) is 11.1 Å². The lowest BCUT2D eigenvalue weighted by Crippen LogP contribution is -2.25. The van der Waals surface area contributed by atoms with Crippen molar-refractivity contribution in [3.8, 4) is 28.7 Å². The van der Waals surface area contributed by atoms with Crippen molar-refractivity contribution in [2.45, 2.75) is 38.6 Å². The molecule has 186 valence electrons. The number of rotatable bonds is 9. The van der Waals surface area contributed by atoms with Crippen LogP contribution in [-0.2, 0) is 13.0 Å². The molecule has 3 aromatic carbocycles. The molecule has 0 aromatic heterocycles. The van der Waals surface area contributed by atoms with Gasteiger partial charge in [0, 0.05) is 13.1 Å². The molecule has 2 saturated heterocycles. The molecule has 3 aromatic rings. The van der Waals surface area contributed by atoms with Gasteiger partial charge >= 0.3 is 0 Å². The van der Waals surface area contributed by atoms with Crippen molar-refractivity contribution in [3.05, 3.63) is 82.9 Å². The SMILES string of the molecule is N#Cc1cc(Cc2ccc(O)cc2-c2ccc(OCCN3CCCC3)cc2)ccc1CN1CCCC1. The van der Waals surface area contributed by atoms with E-state index in [9.17, 15) is 10.4 Å². The molecule has 0 bridgehead atoms. The van der Waals surface area contributed by atoms with Crippen LogP contribution >= 0.6 is 0 Å². The summed E-state index contributed by atoms with van der Waals surface area (Å²) >= 11 is 0. The second-order valence-electron chi connectivity index (χ2n) is 10.0. The zero-order valence-electron chi connectivity index (χ0n) is 21.0. The summed E-state index contributed by atoms with van der Waals surface area (Å²) in [4.78, 5) is 4.87. The lowest BCUT2D eigenvalue weighted by molar-refractivity contribution is 0.238. The molecule has 1 N–H and O–H groups in total. The summed E-state index contributed by atoms with van der Waals surface area (Å²) < 4.78 is 5.97. The van der Waals surface area contributed by atoms with Crippen molar-refractivity contribution in [1.29, 1.82) is 5.26 Å². The van der Waals surface area contributed by atoms with Crippen molar-refractivity contribution in [2.24, 2.45) is 0 Å². The van der Waals surface area contributed by atoms with E-state index >= 15 is 0 Å². The van der Waals surface area contributed by atoms with Crippen molar-refractivity contribution < 1.29 is 9.84 Å². The third-order valence-electron chi connectivity index (χ3n) is 7.42. The molecule has 0 saturated carbocycles. The summed E-state index contributed by atoms with van der Waals surface area (Å²) in [6.07, 6.45) is 5.77. The Bertz CT molecular complexity index is 1200. The first kappa shape index (κ1) is 24.4. The maximum atomic E-state index is 10.2. The molecule has 0 amide bonds. The largest absolute Gasteiger partial charge is 0.508 e. The Morgan fingerprint density at radius 3 is 2.22 bits per heavy atom. The molecule has 2 fully saturated rings. The molecule has 2 aliphatic heterocycles. The summed E-state index contributed by atoms with van der Waals surface area (Å²) in [7, 11) is 0. The molecule has 5 rings (SSSR count). The zero-order valence-corrected chi connectivity index (χ0v) is 21.0. The number of phenols is 1. The molecule has 0 unspecified atom stereocenters. The number of aromatic hydroxyl groups is 1. The van der Waals surface area contributed by atoms with Gasteiger partial charge < -0.3 is 9.84 Å². The highest BCUT2D eigenvalue weighted by Gasteiger charge is 2.15. The summed E-state index contributed by atoms with van der Waals surface area (Å²) in [5.74, 6) is 1.12. The fourth-order valence-electron chi connectivity index (χ4n) is 5.39. The van der Waals surface area contributed by atoms with Gasteiger partial charge in [-0.3, -0.25) is 9.80 Å². The van der Waals surface area contributed by atoms with Crippen LogP contribution < -0.4 is 4.74 Å². The number of likely N-dealkylation sites (tertiary alicyclic amines) is 2. The first-order valence-electron chi connectivity index (χ1n) is 13.2. The molecule has 2 heterocycles. The van der Waals surface area contributed by atoms with Crippen molar-refractivity contribution in [1.82, 2.24) is 9.80 Å². The minimum absolute atomic E-state index is 0.248. The normalized spacial score (nSPS) is 16.3. The average molecular weight is 482 g/mol. The first-order valence-corrected chi connectivity index (χ1v) is 13.2. The Hall–Kier alpha value is -3.33. The predicted octanol–water partition coefficient (Wildman–Crippen LogP) is 5.59. The predicted molar refractivity (Wildman–Crippen MR) is 143 cm³/mol. The van der Waals surface area contributed by atoms with Crippen LogP contribution in [0.2, 0.25) is 0 Å². The van der Waals surface area contributed by atoms with E-state index in [2.05, 4.69) is 40.1 Å². The number of hydrogen-bond donors (Lipinski definition) is 1. The van der Waals surface area contributed by atoms with E-state index in [0.29, 0.717) is 13.0 Å². The first-order chi connectivity index (χ1) is 17.7. The Balaban J connectivity index is 1.29. The van der Waals surface area contributed by atoms with Crippen LogP contribution in [0.4, 0.5) is 0 Å². The maximum absolute atomic E-state index is 10.2. The summed E-state index contributed by atoms with van der Waals surface area (Å²) in [6, 6.07) is 22.4. The van der Waals surface area contributed by atoms with Gasteiger partial charge in [-0.25, -0.2) is 0 Å². The highest BCUT2D eigenvalue weighted by molar-refractivity contribution is 5.70. The fraction of sp³-hybridized carbons (Fsp3) is 0.387. The standard InChI is InChI=1S/C31H35N3O2/c32-22-28-20-24(5-6-27(28)23-34-15-3-4-16-34)19-26-7-10-29(35)21-31(26)25-8-11-30(12-9-25)36-18-17-33-13-1-2-14-33/h5-12,20-21,35H,1-4,13-19,23H2. The number of nitrogens with zero attached hydrogens (tertiary/aromatic N) is 3. The van der Waals surface area contributed by atoms with Gasteiger partial charge in [0.1, 0.15) is 18.1 Å². The van der Waals surface area contributed by atoms with Gasteiger partial charge in [0.05, 0.1) is 11.6 Å². The number of nitriles is 1. The van der Waals surface area contributed by atoms with Gasteiger partial charge in [-0.2, -0.15) is 5.26 Å². The topological polar surface area (TPSA) is 59.7 Å². The van der Waals surface area contributed by atoms with Gasteiger partial charge in [0.25, 0.3) is 0 Å². The molecule has 2 aliphatic rings. The van der Waals surface area contributed by atoms with E-state index in [1.807, 2.05) is 30.3 Å². The molecule has 5 nitrogen and oxygen atoms in total. The zero-order chi connectivity index (χ0) is 24.7. The molecule has 36 heavy (non-hydrogen) atoms. The quantitative estimate of drug-likeness (QED) is 0.432. The molecular weight excluding hydrogens is 446 g/mol. The smallest absolute Gasteiger partial charge is 0.119 e. The van der Waals surface area contributed by atoms with Gasteiger partial charge in [-0.05, 0) is 116 Å². The van der Waals surface area contributed by atoms with Crippen molar-refractivity contribution in [2.75, 3.05) is 39.3 Å². The summed E-state index contributed by atoms with van der Waals surface area (Å²) in [5.41, 5.74) is 6.12. The van der Waals surface area contributed by atoms with E-state index in [-0.39, 0.29) is 5.75 Å². The van der Waals surface area contributed by atoms with Crippen LogP contribution in [0.15, 0.2) is 60.7 Å². The third kappa shape index (κ3) is 6.07. The monoisotopic (exact) mass is 481 g/mol. The van der Waals surface area contributed by atoms with E-state index in [0.717, 1.165) is 65.3 Å². The van der Waals surface area contributed by atoms with Crippen LogP contribution in [0.1, 0.15) is 47.9 Å². The lowest BCUT2D eigenvalue weighted by Gasteiger charge is -2.17. The molecule has 0 spiro atoms. The molecule has 5 heteroatoms. The highest BCUT2D eigenvalue weighted by atomic mass is 16.5. The van der Waals surface area contributed by atoms with Crippen LogP contribution in [-0.4, -0.2) is 54.2 Å². The highest BCUT2D eigenvalue weighted by Crippen LogP contribution is 2.31. The molecular formula is C31H35N3O2. The minimum Gasteiger partial charge on any atom is -0.508 e. The van der Waals surface area contributed by atoms with Gasteiger partial charge in [-0.15, -0.1) is 0 Å². The molecule has 0 aliphatic carbocycles. The Labute approximate surface area is 214 Å². The van der Waals surface area contributed by atoms with E-state index in [1.165, 1.54) is 38.8 Å². The van der Waals surface area contributed by atoms with Gasteiger partial charge in [0.15, 0.2) is 0 Å². The Morgan fingerprint density at radius 1 is 0.806 bits per heavy atom. The number of phenolic OH excluding ortho intramolecular Hbond substituents is 1. The summed E-state index contributed by atoms with van der Waals surface area (Å²) in [5, 5.41) is 20.0. The fourth-order valence-corrected chi connectivity index (χ4v) is 5.39. The van der Waals surface area contributed by atoms with E-state index in [4.69, 9.17) is 4.74 Å². The van der Waals surface area contributed by atoms with Gasteiger partial charge in [0.2, 0.25) is 0 Å². The number of hydrogen-bond acceptors (Lipinski definition) is 5. The Kier molecular flexibility index (Phi) is 7.85. The molecule has 0 radical (unpaired) electrons. The van der Waals surface area contributed by atoms with Gasteiger partial charge in [-0.1, -0.05) is 30.3 Å². The minimum atomic E-state index is 0.248. The summed E-state index contributed by atoms with van der Waals surface area (Å²) in [6.45, 7) is 7.11. The van der Waals surface area contributed by atoms with Crippen molar-refractivity contribution in [3.63, 3.8) is 0 Å². The second-order valence-corrected chi connectivity index (χ2v) is 10.0. The third-order valence-corrected chi connectivity index (χ3v) is 7.42.